The minimum atomic E-state index is -3.66. The Morgan fingerprint density at radius 2 is 1.80 bits per heavy atom. The Kier molecular flexibility index (Phi) is 6.04. The predicted molar refractivity (Wildman–Crippen MR) is 110 cm³/mol. The van der Waals surface area contributed by atoms with Gasteiger partial charge in [-0.25, -0.2) is 12.7 Å². The van der Waals surface area contributed by atoms with Crippen molar-refractivity contribution in [2.24, 2.45) is 0 Å². The summed E-state index contributed by atoms with van der Waals surface area (Å²) < 4.78 is 36.1. The molecule has 0 spiro atoms. The summed E-state index contributed by atoms with van der Waals surface area (Å²) in [5.41, 5.74) is 0.843. The molecule has 30 heavy (non-hydrogen) atoms. The molecule has 158 valence electrons. The number of methoxy groups -OCH3 is 2. The zero-order chi connectivity index (χ0) is 21.9. The van der Waals surface area contributed by atoms with E-state index in [1.54, 1.807) is 25.3 Å². The molecule has 2 N–H and O–H groups in total. The summed E-state index contributed by atoms with van der Waals surface area (Å²) in [5.74, 6) is 1.02. The summed E-state index contributed by atoms with van der Waals surface area (Å²) in [6.45, 7) is 0. The molecule has 0 saturated heterocycles. The summed E-state index contributed by atoms with van der Waals surface area (Å²) in [6, 6.07) is 10.9. The van der Waals surface area contributed by atoms with Crippen LogP contribution in [0.4, 0.5) is 5.95 Å². The highest BCUT2D eigenvalue weighted by Crippen LogP contribution is 2.31. The number of nitrogens with one attached hydrogen (secondary N) is 2. The van der Waals surface area contributed by atoms with Crippen molar-refractivity contribution in [3.63, 3.8) is 0 Å². The first-order chi connectivity index (χ1) is 14.3. The number of hydrogen-bond donors (Lipinski definition) is 2. The van der Waals surface area contributed by atoms with Crippen LogP contribution in [0.15, 0.2) is 47.4 Å². The largest absolute Gasteiger partial charge is 0.493 e. The number of carbonyl (C=O) groups is 1. The van der Waals surface area contributed by atoms with Crippen molar-refractivity contribution in [1.82, 2.24) is 19.5 Å². The lowest BCUT2D eigenvalue weighted by Crippen LogP contribution is -2.22. The molecule has 3 aromatic rings. The highest BCUT2D eigenvalue weighted by atomic mass is 32.2. The average Bonchev–Trinajstić information content (AvgIpc) is 3.21. The number of nitrogens with zero attached hydrogens (tertiary/aromatic N) is 3. The third kappa shape index (κ3) is 4.26. The van der Waals surface area contributed by atoms with E-state index in [0.717, 1.165) is 4.31 Å². The summed E-state index contributed by atoms with van der Waals surface area (Å²) >= 11 is 0. The van der Waals surface area contributed by atoms with Gasteiger partial charge in [-0.15, -0.1) is 5.10 Å². The third-order valence-corrected chi connectivity index (χ3v) is 6.05. The van der Waals surface area contributed by atoms with Crippen molar-refractivity contribution in [1.29, 1.82) is 0 Å². The average molecular weight is 431 g/mol. The highest BCUT2D eigenvalue weighted by molar-refractivity contribution is 7.89. The quantitative estimate of drug-likeness (QED) is 0.586. The van der Waals surface area contributed by atoms with Gasteiger partial charge in [0.2, 0.25) is 16.0 Å². The van der Waals surface area contributed by atoms with E-state index in [1.165, 1.54) is 45.5 Å². The van der Waals surface area contributed by atoms with Crippen molar-refractivity contribution < 1.29 is 22.7 Å². The normalized spacial score (nSPS) is 11.4. The van der Waals surface area contributed by atoms with Gasteiger partial charge in [0, 0.05) is 25.2 Å². The molecular weight excluding hydrogens is 410 g/mol. The Hall–Kier alpha value is -3.44. The number of aromatic nitrogens is 3. The second kappa shape index (κ2) is 8.51. The number of anilines is 1. The Bertz CT molecular complexity index is 1170. The molecule has 0 aliphatic heterocycles. The maximum atomic E-state index is 12.5. The summed E-state index contributed by atoms with van der Waals surface area (Å²) in [6.07, 6.45) is 0. The van der Waals surface area contributed by atoms with E-state index >= 15 is 0 Å². The van der Waals surface area contributed by atoms with Gasteiger partial charge in [0.25, 0.3) is 5.91 Å². The van der Waals surface area contributed by atoms with Gasteiger partial charge >= 0.3 is 0 Å². The van der Waals surface area contributed by atoms with Crippen molar-refractivity contribution in [2.45, 2.75) is 4.90 Å². The molecule has 0 aliphatic rings. The Labute approximate surface area is 173 Å². The summed E-state index contributed by atoms with van der Waals surface area (Å²) in [5, 5.41) is 9.28. The lowest BCUT2D eigenvalue weighted by molar-refractivity contribution is 0.102. The minimum absolute atomic E-state index is 0.0150. The number of ether oxygens (including phenoxy) is 2. The van der Waals surface area contributed by atoms with Gasteiger partial charge in [-0.3, -0.25) is 15.2 Å². The topological polar surface area (TPSA) is 127 Å². The molecule has 0 radical (unpaired) electrons. The van der Waals surface area contributed by atoms with Crippen LogP contribution in [0.1, 0.15) is 10.4 Å². The number of aromatic amines is 1. The predicted octanol–water partition coefficient (Wildman–Crippen LogP) is 1.99. The molecule has 11 heteroatoms. The number of sulfonamides is 1. The van der Waals surface area contributed by atoms with Gasteiger partial charge in [0.1, 0.15) is 0 Å². The van der Waals surface area contributed by atoms with Crippen LogP contribution in [0.3, 0.4) is 0 Å². The molecule has 1 heterocycles. The van der Waals surface area contributed by atoms with Crippen LogP contribution >= 0.6 is 0 Å². The molecule has 2 aromatic carbocycles. The zero-order valence-corrected chi connectivity index (χ0v) is 17.6. The molecule has 0 aliphatic carbocycles. The van der Waals surface area contributed by atoms with Gasteiger partial charge < -0.3 is 9.47 Å². The molecular formula is C19H21N5O5S. The first kappa shape index (κ1) is 21.3. The number of amides is 1. The van der Waals surface area contributed by atoms with Crippen LogP contribution in [0.2, 0.25) is 0 Å². The number of rotatable bonds is 7. The van der Waals surface area contributed by atoms with Crippen LogP contribution in [0, 0.1) is 0 Å². The van der Waals surface area contributed by atoms with Gasteiger partial charge in [0.05, 0.1) is 19.1 Å². The Morgan fingerprint density at radius 3 is 2.47 bits per heavy atom. The molecule has 1 aromatic heterocycles. The third-order valence-electron chi connectivity index (χ3n) is 4.24. The van der Waals surface area contributed by atoms with Crippen molar-refractivity contribution in [3.05, 3.63) is 48.0 Å². The van der Waals surface area contributed by atoms with Gasteiger partial charge in [-0.2, -0.15) is 4.98 Å². The molecule has 0 bridgehead atoms. The van der Waals surface area contributed by atoms with E-state index in [0.29, 0.717) is 22.9 Å². The van der Waals surface area contributed by atoms with E-state index in [1.807, 2.05) is 0 Å². The monoisotopic (exact) mass is 431 g/mol. The Balaban J connectivity index is 1.81. The lowest BCUT2D eigenvalue weighted by Gasteiger charge is -2.12. The van der Waals surface area contributed by atoms with E-state index < -0.39 is 15.9 Å². The maximum Gasteiger partial charge on any atom is 0.258 e. The number of carbonyl (C=O) groups excluding carboxylic acids is 1. The van der Waals surface area contributed by atoms with Gasteiger partial charge in [0.15, 0.2) is 17.3 Å². The minimum Gasteiger partial charge on any atom is -0.493 e. The second-order valence-electron chi connectivity index (χ2n) is 6.35. The second-order valence-corrected chi connectivity index (χ2v) is 8.50. The van der Waals surface area contributed by atoms with Gasteiger partial charge in [-0.1, -0.05) is 6.07 Å². The molecule has 0 saturated carbocycles. The van der Waals surface area contributed by atoms with Crippen LogP contribution < -0.4 is 14.8 Å². The number of H-pyrrole nitrogens is 1. The number of benzene rings is 2. The van der Waals surface area contributed by atoms with E-state index in [4.69, 9.17) is 9.47 Å². The smallest absolute Gasteiger partial charge is 0.258 e. The summed E-state index contributed by atoms with van der Waals surface area (Å²) in [7, 11) is 2.25. The Morgan fingerprint density at radius 1 is 1.07 bits per heavy atom. The lowest BCUT2D eigenvalue weighted by atomic mass is 10.2. The van der Waals surface area contributed by atoms with Crippen molar-refractivity contribution in [3.8, 4) is 22.9 Å². The fraction of sp³-hybridized carbons (Fsp3) is 0.211. The first-order valence-electron chi connectivity index (χ1n) is 8.75. The van der Waals surface area contributed by atoms with Crippen LogP contribution in [-0.4, -0.2) is 62.1 Å². The van der Waals surface area contributed by atoms with Crippen LogP contribution in [0.25, 0.3) is 11.4 Å². The van der Waals surface area contributed by atoms with Crippen LogP contribution in [-0.2, 0) is 10.0 Å². The van der Waals surface area contributed by atoms with Crippen molar-refractivity contribution in [2.75, 3.05) is 33.6 Å². The summed E-state index contributed by atoms with van der Waals surface area (Å²) in [4.78, 5) is 16.8. The zero-order valence-electron chi connectivity index (χ0n) is 16.8. The highest BCUT2D eigenvalue weighted by Gasteiger charge is 2.19. The fourth-order valence-electron chi connectivity index (χ4n) is 2.61. The standard InChI is InChI=1S/C19H21N5O5S/c1-24(2)30(26,27)14-7-5-6-13(10-14)18(25)21-19-20-17(22-23-19)12-8-9-15(28-3)16(11-12)29-4/h5-11H,1-4H3,(H2,20,21,22,23,25). The maximum absolute atomic E-state index is 12.5. The molecule has 0 unspecified atom stereocenters. The first-order valence-corrected chi connectivity index (χ1v) is 10.2. The fourth-order valence-corrected chi connectivity index (χ4v) is 3.56. The van der Waals surface area contributed by atoms with E-state index in [-0.39, 0.29) is 16.4 Å². The SMILES string of the molecule is COc1ccc(-c2nc(NC(=O)c3cccc(S(=O)(=O)N(C)C)c3)n[nH]2)cc1OC. The van der Waals surface area contributed by atoms with Crippen LogP contribution in [0.5, 0.6) is 11.5 Å². The molecule has 1 amide bonds. The molecule has 10 nitrogen and oxygen atoms in total. The molecule has 3 rings (SSSR count). The molecule has 0 fully saturated rings. The molecule has 0 atom stereocenters. The van der Waals surface area contributed by atoms with E-state index in [2.05, 4.69) is 20.5 Å². The van der Waals surface area contributed by atoms with E-state index in [9.17, 15) is 13.2 Å². The number of hydrogen-bond acceptors (Lipinski definition) is 7. The van der Waals surface area contributed by atoms with Gasteiger partial charge in [-0.05, 0) is 36.4 Å². The van der Waals surface area contributed by atoms with Crippen molar-refractivity contribution >= 4 is 21.9 Å².